The molecule has 2 heterocycles. The van der Waals surface area contributed by atoms with Crippen LogP contribution in [0.5, 0.6) is 0 Å². The summed E-state index contributed by atoms with van der Waals surface area (Å²) >= 11 is 6.10. The van der Waals surface area contributed by atoms with Crippen LogP contribution in [-0.2, 0) is 12.8 Å². The molecule has 1 aliphatic carbocycles. The van der Waals surface area contributed by atoms with Crippen LogP contribution in [0.1, 0.15) is 48.1 Å². The summed E-state index contributed by atoms with van der Waals surface area (Å²) in [6.45, 7) is 0. The van der Waals surface area contributed by atoms with Crippen molar-refractivity contribution in [2.45, 2.75) is 38.5 Å². The Morgan fingerprint density at radius 2 is 1.75 bits per heavy atom. The van der Waals surface area contributed by atoms with E-state index in [9.17, 15) is 15.3 Å². The van der Waals surface area contributed by atoms with Gasteiger partial charge in [0.25, 0.3) is 5.56 Å². The van der Waals surface area contributed by atoms with Crippen LogP contribution in [0.3, 0.4) is 0 Å². The molecule has 6 nitrogen and oxygen atoms in total. The van der Waals surface area contributed by atoms with Crippen LogP contribution in [0.25, 0.3) is 5.82 Å². The number of halogens is 1. The molecule has 0 saturated heterocycles. The number of aromatic nitrogens is 3. The molecule has 0 fully saturated rings. The zero-order chi connectivity index (χ0) is 17.1. The van der Waals surface area contributed by atoms with Gasteiger partial charge in [-0.25, -0.2) is 9.55 Å². The molecule has 3 rings (SSSR count). The third-order valence-electron chi connectivity index (χ3n) is 4.19. The maximum absolute atomic E-state index is 12.2. The predicted octanol–water partition coefficient (Wildman–Crippen LogP) is 2.68. The Morgan fingerprint density at radius 1 is 1.04 bits per heavy atom. The van der Waals surface area contributed by atoms with E-state index < -0.39 is 5.56 Å². The second kappa shape index (κ2) is 6.82. The van der Waals surface area contributed by atoms with Gasteiger partial charge in [0.2, 0.25) is 0 Å². The van der Waals surface area contributed by atoms with Gasteiger partial charge < -0.3 is 0 Å². The van der Waals surface area contributed by atoms with E-state index in [0.29, 0.717) is 5.56 Å². The van der Waals surface area contributed by atoms with Crippen molar-refractivity contribution in [3.8, 4) is 18.0 Å². The lowest BCUT2D eigenvalue weighted by Gasteiger charge is -2.18. The number of nitriles is 2. The van der Waals surface area contributed by atoms with E-state index >= 15 is 0 Å². The molecule has 1 aliphatic rings. The van der Waals surface area contributed by atoms with Crippen LogP contribution in [0.2, 0.25) is 5.15 Å². The van der Waals surface area contributed by atoms with Crippen LogP contribution >= 0.6 is 11.6 Å². The molecule has 0 spiro atoms. The average Bonchev–Trinajstić information content (AvgIpc) is 2.55. The third kappa shape index (κ3) is 2.77. The highest BCUT2D eigenvalue weighted by Gasteiger charge is 2.23. The van der Waals surface area contributed by atoms with Crippen LogP contribution in [0.4, 0.5) is 0 Å². The molecule has 0 amide bonds. The van der Waals surface area contributed by atoms with Gasteiger partial charge in [-0.1, -0.05) is 24.4 Å². The predicted molar refractivity (Wildman–Crippen MR) is 87.9 cm³/mol. The van der Waals surface area contributed by atoms with Crippen molar-refractivity contribution in [3.05, 3.63) is 50.3 Å². The Hall–Kier alpha value is -2.70. The van der Waals surface area contributed by atoms with Crippen molar-refractivity contribution in [2.75, 3.05) is 0 Å². The van der Waals surface area contributed by atoms with Crippen molar-refractivity contribution in [3.63, 3.8) is 0 Å². The zero-order valence-corrected chi connectivity index (χ0v) is 13.7. The quantitative estimate of drug-likeness (QED) is 0.795. The summed E-state index contributed by atoms with van der Waals surface area (Å²) in [7, 11) is 0. The van der Waals surface area contributed by atoms with Crippen molar-refractivity contribution >= 4 is 11.6 Å². The zero-order valence-electron chi connectivity index (χ0n) is 12.9. The van der Waals surface area contributed by atoms with Crippen LogP contribution in [-0.4, -0.2) is 14.5 Å². The molecule has 2 aromatic heterocycles. The van der Waals surface area contributed by atoms with Gasteiger partial charge in [0, 0.05) is 5.69 Å². The topological polar surface area (TPSA) is 95.4 Å². The minimum atomic E-state index is -0.485. The Morgan fingerprint density at radius 3 is 2.42 bits per heavy atom. The maximum Gasteiger partial charge on any atom is 0.275 e. The van der Waals surface area contributed by atoms with E-state index in [1.165, 1.54) is 6.20 Å². The fourth-order valence-electron chi connectivity index (χ4n) is 3.06. The molecule has 120 valence electrons. The average molecular weight is 340 g/mol. The van der Waals surface area contributed by atoms with Gasteiger partial charge in [-0.3, -0.25) is 9.78 Å². The normalized spacial score (nSPS) is 14.0. The van der Waals surface area contributed by atoms with Gasteiger partial charge in [0.1, 0.15) is 22.9 Å². The first kappa shape index (κ1) is 16.2. The molecule has 2 aromatic rings. The van der Waals surface area contributed by atoms with Gasteiger partial charge >= 0.3 is 0 Å². The standard InChI is InChI=1S/C17H14ClN5O/c18-15-9-21-10-16(24)23(15)17-13(8-20)12(7-19)11-5-3-1-2-4-6-14(11)22-17/h9-10H,1-6H2. The Kier molecular flexibility index (Phi) is 4.59. The van der Waals surface area contributed by atoms with Crippen molar-refractivity contribution in [2.24, 2.45) is 0 Å². The molecule has 0 unspecified atom stereocenters. The van der Waals surface area contributed by atoms with E-state index in [1.807, 2.05) is 6.07 Å². The van der Waals surface area contributed by atoms with Crippen LogP contribution < -0.4 is 5.56 Å². The fraction of sp³-hybridized carbons (Fsp3) is 0.353. The number of hydrogen-bond acceptors (Lipinski definition) is 5. The monoisotopic (exact) mass is 339 g/mol. The first-order chi connectivity index (χ1) is 11.7. The molecule has 0 radical (unpaired) electrons. The number of hydrogen-bond donors (Lipinski definition) is 0. The van der Waals surface area contributed by atoms with E-state index in [2.05, 4.69) is 16.0 Å². The summed E-state index contributed by atoms with van der Waals surface area (Å²) < 4.78 is 1.13. The molecular weight excluding hydrogens is 326 g/mol. The minimum absolute atomic E-state index is 0.0567. The third-order valence-corrected chi connectivity index (χ3v) is 4.46. The number of aryl methyl sites for hydroxylation is 1. The molecular formula is C17H14ClN5O. The van der Waals surface area contributed by atoms with Crippen molar-refractivity contribution < 1.29 is 0 Å². The molecule has 0 atom stereocenters. The summed E-state index contributed by atoms with van der Waals surface area (Å²) in [5.74, 6) is 0.116. The Labute approximate surface area is 144 Å². The summed E-state index contributed by atoms with van der Waals surface area (Å²) in [6, 6.07) is 4.17. The highest BCUT2D eigenvalue weighted by Crippen LogP contribution is 2.28. The largest absolute Gasteiger partial charge is 0.275 e. The SMILES string of the molecule is N#Cc1c(-n2c(Cl)cncc2=O)nc2c(c1C#N)CCCCCC2. The van der Waals surface area contributed by atoms with Gasteiger partial charge in [0.15, 0.2) is 5.82 Å². The van der Waals surface area contributed by atoms with Gasteiger partial charge in [-0.2, -0.15) is 10.5 Å². The summed E-state index contributed by atoms with van der Waals surface area (Å²) in [5.41, 5.74) is 1.52. The highest BCUT2D eigenvalue weighted by atomic mass is 35.5. The second-order valence-electron chi connectivity index (χ2n) is 5.65. The van der Waals surface area contributed by atoms with E-state index in [-0.39, 0.29) is 16.5 Å². The molecule has 24 heavy (non-hydrogen) atoms. The van der Waals surface area contributed by atoms with Gasteiger partial charge in [-0.05, 0) is 31.2 Å². The fourth-order valence-corrected chi connectivity index (χ4v) is 3.28. The lowest BCUT2D eigenvalue weighted by molar-refractivity contribution is 0.606. The van der Waals surface area contributed by atoms with Crippen molar-refractivity contribution in [1.82, 2.24) is 14.5 Å². The molecule has 0 bridgehead atoms. The van der Waals surface area contributed by atoms with E-state index in [1.54, 1.807) is 0 Å². The maximum atomic E-state index is 12.2. The van der Waals surface area contributed by atoms with E-state index in [4.69, 9.17) is 11.6 Å². The molecule has 0 saturated carbocycles. The lowest BCUT2D eigenvalue weighted by Crippen LogP contribution is -2.22. The smallest absolute Gasteiger partial charge is 0.267 e. The first-order valence-corrected chi connectivity index (χ1v) is 8.14. The van der Waals surface area contributed by atoms with Gasteiger partial charge in [0.05, 0.1) is 18.0 Å². The first-order valence-electron chi connectivity index (χ1n) is 7.76. The van der Waals surface area contributed by atoms with Gasteiger partial charge in [-0.15, -0.1) is 0 Å². The number of rotatable bonds is 1. The summed E-state index contributed by atoms with van der Waals surface area (Å²) in [6.07, 6.45) is 8.00. The number of fused-ring (bicyclic) bond motifs is 1. The summed E-state index contributed by atoms with van der Waals surface area (Å²) in [5, 5.41) is 19.3. The van der Waals surface area contributed by atoms with E-state index in [0.717, 1.165) is 60.5 Å². The van der Waals surface area contributed by atoms with Crippen molar-refractivity contribution in [1.29, 1.82) is 10.5 Å². The second-order valence-corrected chi connectivity index (χ2v) is 6.04. The molecule has 0 aliphatic heterocycles. The number of nitrogens with zero attached hydrogens (tertiary/aromatic N) is 5. The summed E-state index contributed by atoms with van der Waals surface area (Å²) in [4.78, 5) is 20.5. The molecule has 0 N–H and O–H groups in total. The highest BCUT2D eigenvalue weighted by molar-refractivity contribution is 6.29. The molecule has 7 heteroatoms. The lowest BCUT2D eigenvalue weighted by atomic mass is 9.91. The minimum Gasteiger partial charge on any atom is -0.267 e. The molecule has 0 aromatic carbocycles. The Balaban J connectivity index is 2.36. The number of pyridine rings is 1. The Bertz CT molecular complexity index is 936. The van der Waals surface area contributed by atoms with Crippen LogP contribution in [0, 0.1) is 22.7 Å². The van der Waals surface area contributed by atoms with Crippen LogP contribution in [0.15, 0.2) is 17.2 Å².